The summed E-state index contributed by atoms with van der Waals surface area (Å²) >= 11 is 0. The van der Waals surface area contributed by atoms with E-state index < -0.39 is 0 Å². The molecule has 0 saturated heterocycles. The molecule has 0 heteroatoms. The van der Waals surface area contributed by atoms with E-state index in [-0.39, 0.29) is 0 Å². The summed E-state index contributed by atoms with van der Waals surface area (Å²) in [5, 5.41) is 0. The molecule has 0 aliphatic heterocycles. The van der Waals surface area contributed by atoms with E-state index in [1.54, 1.807) is 0 Å². The Labute approximate surface area is 96.9 Å². The second-order valence-electron chi connectivity index (χ2n) is 4.77. The molecule has 0 radical (unpaired) electrons. The van der Waals surface area contributed by atoms with Crippen LogP contribution in [0.3, 0.4) is 0 Å². The zero-order valence-corrected chi connectivity index (χ0v) is 9.56. The Balaban J connectivity index is 1.79. The molecular weight excluding hydrogens is 192 g/mol. The molecule has 2 aromatic carbocycles. The molecule has 16 heavy (non-hydrogen) atoms. The lowest BCUT2D eigenvalue weighted by Gasteiger charge is -2.01. The molecule has 0 heterocycles. The summed E-state index contributed by atoms with van der Waals surface area (Å²) in [4.78, 5) is 0. The molecule has 0 N–H and O–H groups in total. The lowest BCUT2D eigenvalue weighted by atomic mass is 10.0. The third kappa shape index (κ3) is 1.76. The van der Waals surface area contributed by atoms with Crippen LogP contribution in [-0.2, 0) is 0 Å². The van der Waals surface area contributed by atoms with E-state index in [1.165, 1.54) is 23.1 Å². The molecule has 1 fully saturated rings. The normalized spacial score (nSPS) is 23.1. The summed E-state index contributed by atoms with van der Waals surface area (Å²) in [6.07, 6.45) is 1.31. The van der Waals surface area contributed by atoms with Crippen molar-refractivity contribution in [2.24, 2.45) is 0 Å². The van der Waals surface area contributed by atoms with Crippen molar-refractivity contribution in [3.05, 3.63) is 71.3 Å². The Kier molecular flexibility index (Phi) is 2.28. The quantitative estimate of drug-likeness (QED) is 0.691. The van der Waals surface area contributed by atoms with Gasteiger partial charge >= 0.3 is 0 Å². The van der Waals surface area contributed by atoms with Crippen LogP contribution in [0.2, 0.25) is 0 Å². The van der Waals surface area contributed by atoms with Crippen molar-refractivity contribution in [1.82, 2.24) is 0 Å². The van der Waals surface area contributed by atoms with Crippen molar-refractivity contribution >= 4 is 0 Å². The van der Waals surface area contributed by atoms with Gasteiger partial charge in [0.1, 0.15) is 0 Å². The van der Waals surface area contributed by atoms with Gasteiger partial charge in [0.25, 0.3) is 0 Å². The number of hydrogen-bond donors (Lipinski definition) is 0. The van der Waals surface area contributed by atoms with Crippen LogP contribution in [0.4, 0.5) is 0 Å². The van der Waals surface area contributed by atoms with Gasteiger partial charge in [0, 0.05) is 0 Å². The average Bonchev–Trinajstić information content (AvgIpc) is 3.11. The van der Waals surface area contributed by atoms with Crippen molar-refractivity contribution in [2.75, 3.05) is 0 Å². The Morgan fingerprint density at radius 1 is 0.750 bits per heavy atom. The third-order valence-corrected chi connectivity index (χ3v) is 3.52. The van der Waals surface area contributed by atoms with Crippen LogP contribution in [0, 0.1) is 6.92 Å². The first kappa shape index (κ1) is 9.65. The number of hydrogen-bond acceptors (Lipinski definition) is 0. The Morgan fingerprint density at radius 3 is 1.94 bits per heavy atom. The summed E-state index contributed by atoms with van der Waals surface area (Å²) in [6.45, 7) is 2.14. The first-order valence-electron chi connectivity index (χ1n) is 5.96. The molecule has 0 spiro atoms. The van der Waals surface area contributed by atoms with Gasteiger partial charge < -0.3 is 0 Å². The van der Waals surface area contributed by atoms with Crippen LogP contribution < -0.4 is 0 Å². The fourth-order valence-corrected chi connectivity index (χ4v) is 2.45. The van der Waals surface area contributed by atoms with Gasteiger partial charge in [-0.2, -0.15) is 0 Å². The predicted molar refractivity (Wildman–Crippen MR) is 67.7 cm³/mol. The largest absolute Gasteiger partial charge is 0.0622 e. The monoisotopic (exact) mass is 208 g/mol. The maximum absolute atomic E-state index is 2.28. The Bertz CT molecular complexity index is 467. The third-order valence-electron chi connectivity index (χ3n) is 3.52. The first-order chi connectivity index (χ1) is 7.84. The highest BCUT2D eigenvalue weighted by Gasteiger charge is 2.38. The van der Waals surface area contributed by atoms with Gasteiger partial charge in [-0.1, -0.05) is 60.2 Å². The van der Waals surface area contributed by atoms with Crippen molar-refractivity contribution in [2.45, 2.75) is 25.2 Å². The Morgan fingerprint density at radius 2 is 1.31 bits per heavy atom. The minimum atomic E-state index is 0.753. The van der Waals surface area contributed by atoms with E-state index in [1.807, 2.05) is 0 Å². The summed E-state index contributed by atoms with van der Waals surface area (Å²) in [5.41, 5.74) is 4.34. The molecule has 0 bridgehead atoms. The second-order valence-corrected chi connectivity index (χ2v) is 4.77. The van der Waals surface area contributed by atoms with Gasteiger partial charge in [-0.3, -0.25) is 0 Å². The summed E-state index contributed by atoms with van der Waals surface area (Å²) in [5.74, 6) is 1.51. The van der Waals surface area contributed by atoms with Crippen molar-refractivity contribution in [3.63, 3.8) is 0 Å². The van der Waals surface area contributed by atoms with E-state index in [9.17, 15) is 0 Å². The lowest BCUT2D eigenvalue weighted by molar-refractivity contribution is 1.02. The van der Waals surface area contributed by atoms with Crippen LogP contribution in [0.15, 0.2) is 54.6 Å². The summed E-state index contributed by atoms with van der Waals surface area (Å²) in [6, 6.07) is 19.9. The van der Waals surface area contributed by atoms with E-state index in [2.05, 4.69) is 61.5 Å². The molecule has 1 saturated carbocycles. The predicted octanol–water partition coefficient (Wildman–Crippen LogP) is 4.27. The maximum Gasteiger partial charge on any atom is -0.00868 e. The molecule has 0 unspecified atom stereocenters. The lowest BCUT2D eigenvalue weighted by Crippen LogP contribution is -1.84. The van der Waals surface area contributed by atoms with Crippen molar-refractivity contribution < 1.29 is 0 Å². The number of rotatable bonds is 2. The van der Waals surface area contributed by atoms with Crippen molar-refractivity contribution in [3.8, 4) is 0 Å². The molecule has 3 rings (SSSR count). The standard InChI is InChI=1S/C16H16/c1-12-7-9-14(10-8-12)16-11-15(16)13-5-3-2-4-6-13/h2-10,15-16H,11H2,1H3/t15-,16+/m0/s1. The highest BCUT2D eigenvalue weighted by molar-refractivity contribution is 5.37. The summed E-state index contributed by atoms with van der Waals surface area (Å²) < 4.78 is 0. The molecule has 0 amide bonds. The highest BCUT2D eigenvalue weighted by atomic mass is 14.4. The van der Waals surface area contributed by atoms with Gasteiger partial charge in [-0.15, -0.1) is 0 Å². The summed E-state index contributed by atoms with van der Waals surface area (Å²) in [7, 11) is 0. The van der Waals surface area contributed by atoms with Gasteiger partial charge in [0.15, 0.2) is 0 Å². The smallest absolute Gasteiger partial charge is 0.00868 e. The van der Waals surface area contributed by atoms with E-state index >= 15 is 0 Å². The molecule has 1 aliphatic carbocycles. The minimum Gasteiger partial charge on any atom is -0.0622 e. The van der Waals surface area contributed by atoms with Crippen molar-refractivity contribution in [1.29, 1.82) is 0 Å². The highest BCUT2D eigenvalue weighted by Crippen LogP contribution is 2.54. The van der Waals surface area contributed by atoms with Crippen LogP contribution in [0.1, 0.15) is 34.9 Å². The van der Waals surface area contributed by atoms with E-state index in [4.69, 9.17) is 0 Å². The van der Waals surface area contributed by atoms with Gasteiger partial charge in [-0.05, 0) is 36.3 Å². The molecule has 80 valence electrons. The molecular formula is C16H16. The molecule has 0 nitrogen and oxygen atoms in total. The van der Waals surface area contributed by atoms with E-state index in [0.29, 0.717) is 0 Å². The zero-order valence-electron chi connectivity index (χ0n) is 9.56. The van der Waals surface area contributed by atoms with Gasteiger partial charge in [0.2, 0.25) is 0 Å². The first-order valence-corrected chi connectivity index (χ1v) is 5.96. The fraction of sp³-hybridized carbons (Fsp3) is 0.250. The molecule has 2 aromatic rings. The van der Waals surface area contributed by atoms with Crippen LogP contribution >= 0.6 is 0 Å². The zero-order chi connectivity index (χ0) is 11.0. The SMILES string of the molecule is Cc1ccc([C@H]2C[C@H]2c2ccccc2)cc1. The molecule has 0 aromatic heterocycles. The number of aryl methyl sites for hydroxylation is 1. The van der Waals surface area contributed by atoms with Crippen LogP contribution in [0.5, 0.6) is 0 Å². The average molecular weight is 208 g/mol. The van der Waals surface area contributed by atoms with Gasteiger partial charge in [-0.25, -0.2) is 0 Å². The second kappa shape index (κ2) is 3.79. The van der Waals surface area contributed by atoms with Crippen LogP contribution in [-0.4, -0.2) is 0 Å². The van der Waals surface area contributed by atoms with E-state index in [0.717, 1.165) is 11.8 Å². The molecule has 1 aliphatic rings. The van der Waals surface area contributed by atoms with Gasteiger partial charge in [0.05, 0.1) is 0 Å². The topological polar surface area (TPSA) is 0 Å². The maximum atomic E-state index is 2.28. The Hall–Kier alpha value is -1.56. The number of benzene rings is 2. The minimum absolute atomic E-state index is 0.753. The fourth-order valence-electron chi connectivity index (χ4n) is 2.45. The molecule has 2 atom stereocenters. The van der Waals surface area contributed by atoms with Crippen LogP contribution in [0.25, 0.3) is 0 Å².